The number of rotatable bonds is 5. The van der Waals surface area contributed by atoms with Gasteiger partial charge in [-0.05, 0) is 55.8 Å². The van der Waals surface area contributed by atoms with Crippen LogP contribution >= 0.6 is 11.8 Å². The number of hydrogen-bond donors (Lipinski definition) is 3. The second kappa shape index (κ2) is 8.06. The smallest absolute Gasteiger partial charge is 0.333 e. The summed E-state index contributed by atoms with van der Waals surface area (Å²) < 4.78 is 6.38. The van der Waals surface area contributed by atoms with Crippen molar-refractivity contribution in [2.24, 2.45) is 35.0 Å². The Balaban J connectivity index is 1.56. The van der Waals surface area contributed by atoms with Gasteiger partial charge in [0.25, 0.3) is 0 Å². The molecule has 5 rings (SSSR count). The summed E-state index contributed by atoms with van der Waals surface area (Å²) in [5.74, 6) is -3.05. The van der Waals surface area contributed by atoms with Crippen molar-refractivity contribution < 1.29 is 39.2 Å². The zero-order chi connectivity index (χ0) is 23.7. The molecule has 8 nitrogen and oxygen atoms in total. The van der Waals surface area contributed by atoms with Crippen molar-refractivity contribution in [1.82, 2.24) is 0 Å². The topological polar surface area (TPSA) is 138 Å². The summed E-state index contributed by atoms with van der Waals surface area (Å²) in [5, 5.41) is 28.6. The van der Waals surface area contributed by atoms with E-state index in [0.29, 0.717) is 36.0 Å². The molecular weight excluding hydrogens is 448 g/mol. The fraction of sp³-hybridized carbons (Fsp3) is 0.667. The quantitative estimate of drug-likeness (QED) is 0.509. The third kappa shape index (κ3) is 3.26. The Labute approximate surface area is 195 Å². The number of carboxylic acid groups (broad SMARTS) is 2. The molecular formula is C24H28O8S. The Morgan fingerprint density at radius 3 is 2.67 bits per heavy atom. The number of Topliss-reactive ketones (excluding diaryl/α,β-unsaturated/α-hetero) is 1. The predicted molar refractivity (Wildman–Crippen MR) is 117 cm³/mol. The second-order valence-corrected chi connectivity index (χ2v) is 11.3. The van der Waals surface area contributed by atoms with Gasteiger partial charge in [-0.3, -0.25) is 14.4 Å². The number of ether oxygens (including phenoxy) is 1. The van der Waals surface area contributed by atoms with Crippen LogP contribution in [-0.4, -0.2) is 63.4 Å². The number of ketones is 2. The average molecular weight is 477 g/mol. The Morgan fingerprint density at radius 2 is 1.97 bits per heavy atom. The zero-order valence-corrected chi connectivity index (χ0v) is 19.2. The van der Waals surface area contributed by atoms with Crippen molar-refractivity contribution in [3.05, 3.63) is 22.1 Å². The van der Waals surface area contributed by atoms with Gasteiger partial charge < -0.3 is 20.1 Å². The number of carbonyl (C=O) groups is 4. The molecule has 0 aromatic heterocycles. The zero-order valence-electron chi connectivity index (χ0n) is 18.4. The third-order valence-corrected chi connectivity index (χ3v) is 9.96. The van der Waals surface area contributed by atoms with E-state index in [0.717, 1.165) is 31.0 Å². The molecule has 5 aliphatic rings. The van der Waals surface area contributed by atoms with Crippen LogP contribution in [0.2, 0.25) is 0 Å². The molecule has 8 atom stereocenters. The Bertz CT molecular complexity index is 998. The third-order valence-electron chi connectivity index (χ3n) is 8.86. The SMILES string of the molecule is C[C@@H]1CO[C@@H]2C3=C(CC4[C@H](C(=O)O)CCC5[C@@H]1CC[C@]452)C(=O)C(SC[C@H](O)C(=O)O)=CC3=O. The van der Waals surface area contributed by atoms with Gasteiger partial charge in [-0.1, -0.05) is 6.92 Å². The van der Waals surface area contributed by atoms with Gasteiger partial charge in [-0.15, -0.1) is 11.8 Å². The number of carbonyl (C=O) groups excluding carboxylic acids is 2. The first-order chi connectivity index (χ1) is 15.7. The monoisotopic (exact) mass is 476 g/mol. The molecule has 3 N–H and O–H groups in total. The molecule has 1 heterocycles. The van der Waals surface area contributed by atoms with Crippen LogP contribution in [-0.2, 0) is 23.9 Å². The van der Waals surface area contributed by atoms with Crippen LogP contribution in [0.1, 0.15) is 39.0 Å². The van der Waals surface area contributed by atoms with E-state index in [9.17, 15) is 29.4 Å². The lowest BCUT2D eigenvalue weighted by Crippen LogP contribution is -2.57. The number of thioether (sulfide) groups is 1. The highest BCUT2D eigenvalue weighted by molar-refractivity contribution is 8.04. The number of aliphatic hydroxyl groups excluding tert-OH is 1. The van der Waals surface area contributed by atoms with E-state index < -0.39 is 35.5 Å². The molecule has 3 fully saturated rings. The van der Waals surface area contributed by atoms with Crippen LogP contribution in [0.25, 0.3) is 0 Å². The minimum atomic E-state index is -1.65. The van der Waals surface area contributed by atoms with Gasteiger partial charge in [-0.25, -0.2) is 4.79 Å². The molecule has 2 bridgehead atoms. The van der Waals surface area contributed by atoms with E-state index in [-0.39, 0.29) is 40.5 Å². The number of carboxylic acids is 2. The number of aliphatic hydroxyl groups is 1. The van der Waals surface area contributed by atoms with Crippen molar-refractivity contribution in [2.75, 3.05) is 12.4 Å². The van der Waals surface area contributed by atoms with E-state index in [1.54, 1.807) is 0 Å². The van der Waals surface area contributed by atoms with Crippen molar-refractivity contribution >= 4 is 35.3 Å². The molecule has 9 heteroatoms. The predicted octanol–water partition coefficient (Wildman–Crippen LogP) is 2.06. The summed E-state index contributed by atoms with van der Waals surface area (Å²) in [6, 6.07) is 0. The first-order valence-corrected chi connectivity index (χ1v) is 12.6. The molecule has 2 unspecified atom stereocenters. The molecule has 0 aromatic rings. The molecule has 1 saturated heterocycles. The maximum Gasteiger partial charge on any atom is 0.333 e. The van der Waals surface area contributed by atoms with Crippen LogP contribution in [0.4, 0.5) is 0 Å². The summed E-state index contributed by atoms with van der Waals surface area (Å²) >= 11 is 0.847. The van der Waals surface area contributed by atoms with Crippen LogP contribution in [0.15, 0.2) is 22.1 Å². The van der Waals surface area contributed by atoms with E-state index in [1.807, 2.05) is 0 Å². The lowest BCUT2D eigenvalue weighted by Gasteiger charge is -2.56. The van der Waals surface area contributed by atoms with Gasteiger partial charge in [0.15, 0.2) is 17.7 Å². The normalized spacial score (nSPS) is 40.5. The molecule has 1 spiro atoms. The van der Waals surface area contributed by atoms with Crippen LogP contribution in [0, 0.1) is 35.0 Å². The molecule has 178 valence electrons. The molecule has 0 aromatic carbocycles. The van der Waals surface area contributed by atoms with E-state index in [2.05, 4.69) is 6.92 Å². The summed E-state index contributed by atoms with van der Waals surface area (Å²) in [6.45, 7) is 2.64. The summed E-state index contributed by atoms with van der Waals surface area (Å²) in [4.78, 5) is 50.1. The van der Waals surface area contributed by atoms with Crippen LogP contribution in [0.5, 0.6) is 0 Å². The first-order valence-electron chi connectivity index (χ1n) is 11.6. The highest BCUT2D eigenvalue weighted by Crippen LogP contribution is 2.68. The standard InChI is InChI=1S/C24H28O8S/c1-10-8-32-21-19-13(20(27)18(7-16(19)25)33-9-17(26)23(30)31)6-15-12(22(28)29)2-3-14-11(10)4-5-24(14,15)21/h7,10-12,14-15,17,21,26H,2-6,8-9H2,1H3,(H,28,29)(H,30,31)/t10-,11-,12-,14?,15?,17+,21-,24-/m1/s1. The van der Waals surface area contributed by atoms with Gasteiger partial charge in [-0.2, -0.15) is 0 Å². The Morgan fingerprint density at radius 1 is 1.21 bits per heavy atom. The van der Waals surface area contributed by atoms with E-state index >= 15 is 0 Å². The maximum atomic E-state index is 13.4. The highest BCUT2D eigenvalue weighted by Gasteiger charge is 2.67. The Hall–Kier alpha value is -1.97. The first kappa shape index (κ1) is 22.8. The van der Waals surface area contributed by atoms with Gasteiger partial charge in [0, 0.05) is 28.4 Å². The van der Waals surface area contributed by atoms with Crippen LogP contribution in [0.3, 0.4) is 0 Å². The van der Waals surface area contributed by atoms with Crippen molar-refractivity contribution in [3.63, 3.8) is 0 Å². The lowest BCUT2D eigenvalue weighted by molar-refractivity contribution is -0.159. The molecule has 0 amide bonds. The second-order valence-electron chi connectivity index (χ2n) is 10.2. The molecule has 4 aliphatic carbocycles. The number of allylic oxidation sites excluding steroid dienone is 3. The molecule has 33 heavy (non-hydrogen) atoms. The minimum Gasteiger partial charge on any atom is -0.481 e. The molecule has 0 radical (unpaired) electrons. The van der Waals surface area contributed by atoms with Gasteiger partial charge in [0.1, 0.15) is 0 Å². The fourth-order valence-corrected chi connectivity index (χ4v) is 8.45. The number of fused-ring (bicyclic) bond motifs is 1. The fourth-order valence-electron chi connectivity index (χ4n) is 7.53. The Kier molecular flexibility index (Phi) is 5.57. The van der Waals surface area contributed by atoms with E-state index in [4.69, 9.17) is 9.84 Å². The summed E-state index contributed by atoms with van der Waals surface area (Å²) in [5.41, 5.74) is 0.259. The van der Waals surface area contributed by atoms with Gasteiger partial charge >= 0.3 is 11.9 Å². The number of aliphatic carboxylic acids is 2. The lowest BCUT2D eigenvalue weighted by atomic mass is 9.48. The molecule has 2 saturated carbocycles. The molecule has 1 aliphatic heterocycles. The van der Waals surface area contributed by atoms with E-state index in [1.165, 1.54) is 6.08 Å². The van der Waals surface area contributed by atoms with Gasteiger partial charge in [0.2, 0.25) is 0 Å². The average Bonchev–Trinajstić information content (AvgIpc) is 3.10. The minimum absolute atomic E-state index is 0.0977. The van der Waals surface area contributed by atoms with Crippen molar-refractivity contribution in [2.45, 2.75) is 51.2 Å². The largest absolute Gasteiger partial charge is 0.481 e. The highest BCUT2D eigenvalue weighted by atomic mass is 32.2. The maximum absolute atomic E-state index is 13.4. The summed E-state index contributed by atoms with van der Waals surface area (Å²) in [6.07, 6.45) is 2.40. The number of hydrogen-bond acceptors (Lipinski definition) is 7. The summed E-state index contributed by atoms with van der Waals surface area (Å²) in [7, 11) is 0. The van der Waals surface area contributed by atoms with Crippen LogP contribution < -0.4 is 0 Å². The van der Waals surface area contributed by atoms with Gasteiger partial charge in [0.05, 0.1) is 23.5 Å². The van der Waals surface area contributed by atoms with Crippen molar-refractivity contribution in [1.29, 1.82) is 0 Å². The van der Waals surface area contributed by atoms with Crippen molar-refractivity contribution in [3.8, 4) is 0 Å².